The summed E-state index contributed by atoms with van der Waals surface area (Å²) in [5.74, 6) is 0. The zero-order chi connectivity index (χ0) is 18.7. The van der Waals surface area contributed by atoms with Gasteiger partial charge in [0.25, 0.3) is 0 Å². The lowest BCUT2D eigenvalue weighted by atomic mass is 9.97. The van der Waals surface area contributed by atoms with E-state index in [9.17, 15) is 13.2 Å². The summed E-state index contributed by atoms with van der Waals surface area (Å²) in [5.41, 5.74) is 0.691. The maximum absolute atomic E-state index is 13.5. The Morgan fingerprint density at radius 2 is 1.54 bits per heavy atom. The Kier molecular flexibility index (Phi) is 5.21. The SMILES string of the molecule is CCCN(c1ccccc1C(F)(F)F)C(C)c1cccc2ccccc12. The van der Waals surface area contributed by atoms with Gasteiger partial charge in [0.15, 0.2) is 0 Å². The number of halogens is 3. The van der Waals surface area contributed by atoms with E-state index >= 15 is 0 Å². The molecule has 0 aromatic heterocycles. The number of fused-ring (bicyclic) bond motifs is 1. The fraction of sp³-hybridized carbons (Fsp3) is 0.273. The van der Waals surface area contributed by atoms with Gasteiger partial charge in [0.05, 0.1) is 11.6 Å². The first-order valence-corrected chi connectivity index (χ1v) is 8.84. The van der Waals surface area contributed by atoms with E-state index in [4.69, 9.17) is 0 Å². The van der Waals surface area contributed by atoms with E-state index in [-0.39, 0.29) is 11.7 Å². The number of benzene rings is 3. The molecular formula is C22H22F3N. The minimum atomic E-state index is -4.37. The molecule has 0 fully saturated rings. The Labute approximate surface area is 152 Å². The van der Waals surface area contributed by atoms with Crippen LogP contribution in [0.5, 0.6) is 0 Å². The molecule has 26 heavy (non-hydrogen) atoms. The average Bonchev–Trinajstić information content (AvgIpc) is 2.64. The molecule has 4 heteroatoms. The van der Waals surface area contributed by atoms with Gasteiger partial charge < -0.3 is 4.90 Å². The molecule has 1 atom stereocenters. The number of rotatable bonds is 5. The Morgan fingerprint density at radius 3 is 2.27 bits per heavy atom. The first-order valence-electron chi connectivity index (χ1n) is 8.84. The number of hydrogen-bond donors (Lipinski definition) is 0. The van der Waals surface area contributed by atoms with Crippen LogP contribution in [0, 0.1) is 0 Å². The highest BCUT2D eigenvalue weighted by molar-refractivity contribution is 5.86. The van der Waals surface area contributed by atoms with Gasteiger partial charge in [-0.3, -0.25) is 0 Å². The van der Waals surface area contributed by atoms with Crippen molar-refractivity contribution in [2.24, 2.45) is 0 Å². The average molecular weight is 357 g/mol. The maximum atomic E-state index is 13.5. The van der Waals surface area contributed by atoms with Crippen LogP contribution < -0.4 is 4.90 Å². The van der Waals surface area contributed by atoms with Crippen LogP contribution in [0.1, 0.15) is 37.4 Å². The molecule has 0 aliphatic heterocycles. The lowest BCUT2D eigenvalue weighted by Gasteiger charge is -2.34. The molecule has 0 bridgehead atoms. The van der Waals surface area contributed by atoms with E-state index in [0.29, 0.717) is 6.54 Å². The van der Waals surface area contributed by atoms with Gasteiger partial charge in [-0.2, -0.15) is 13.2 Å². The van der Waals surface area contributed by atoms with E-state index in [1.807, 2.05) is 61.2 Å². The molecule has 0 amide bonds. The molecule has 3 aromatic rings. The lowest BCUT2D eigenvalue weighted by Crippen LogP contribution is -2.30. The summed E-state index contributed by atoms with van der Waals surface area (Å²) in [5, 5.41) is 2.17. The first kappa shape index (κ1) is 18.3. The highest BCUT2D eigenvalue weighted by atomic mass is 19.4. The van der Waals surface area contributed by atoms with Crippen molar-refractivity contribution in [1.82, 2.24) is 0 Å². The Bertz CT molecular complexity index is 880. The van der Waals surface area contributed by atoms with E-state index in [0.717, 1.165) is 28.8 Å². The van der Waals surface area contributed by atoms with Gasteiger partial charge in [0.2, 0.25) is 0 Å². The molecule has 0 radical (unpaired) electrons. The van der Waals surface area contributed by atoms with Gasteiger partial charge in [-0.1, -0.05) is 61.5 Å². The summed E-state index contributed by atoms with van der Waals surface area (Å²) < 4.78 is 40.6. The molecule has 1 unspecified atom stereocenters. The topological polar surface area (TPSA) is 3.24 Å². The zero-order valence-electron chi connectivity index (χ0n) is 14.9. The van der Waals surface area contributed by atoms with Crippen LogP contribution in [0.25, 0.3) is 10.8 Å². The number of anilines is 1. The molecule has 0 saturated carbocycles. The number of nitrogens with zero attached hydrogens (tertiary/aromatic N) is 1. The third-order valence-corrected chi connectivity index (χ3v) is 4.72. The standard InChI is InChI=1S/C22H22F3N/c1-3-15-26(21-14-7-6-13-20(21)22(23,24)25)16(2)18-12-8-10-17-9-4-5-11-19(17)18/h4-14,16H,3,15H2,1-2H3. The van der Waals surface area contributed by atoms with Gasteiger partial charge in [-0.05, 0) is 41.8 Å². The molecule has 0 aliphatic carbocycles. The largest absolute Gasteiger partial charge is 0.418 e. The molecule has 3 aromatic carbocycles. The highest BCUT2D eigenvalue weighted by Gasteiger charge is 2.35. The van der Waals surface area contributed by atoms with Crippen molar-refractivity contribution < 1.29 is 13.2 Å². The molecule has 0 heterocycles. The van der Waals surface area contributed by atoms with Crippen molar-refractivity contribution in [2.45, 2.75) is 32.5 Å². The molecular weight excluding hydrogens is 335 g/mol. The molecule has 0 saturated heterocycles. The summed E-state index contributed by atoms with van der Waals surface area (Å²) in [4.78, 5) is 1.87. The fourth-order valence-corrected chi connectivity index (χ4v) is 3.51. The first-order chi connectivity index (χ1) is 12.4. The van der Waals surface area contributed by atoms with Crippen LogP contribution in [0.2, 0.25) is 0 Å². The van der Waals surface area contributed by atoms with Crippen LogP contribution >= 0.6 is 0 Å². The monoisotopic (exact) mass is 357 g/mol. The Morgan fingerprint density at radius 1 is 0.885 bits per heavy atom. The van der Waals surface area contributed by atoms with E-state index < -0.39 is 11.7 Å². The normalized spacial score (nSPS) is 13.0. The smallest absolute Gasteiger partial charge is 0.364 e. The summed E-state index contributed by atoms with van der Waals surface area (Å²) in [6.07, 6.45) is -3.61. The number of para-hydroxylation sites is 1. The predicted molar refractivity (Wildman–Crippen MR) is 101 cm³/mol. The predicted octanol–water partition coefficient (Wildman–Crippen LogP) is 6.84. The van der Waals surface area contributed by atoms with Gasteiger partial charge in [0.1, 0.15) is 0 Å². The fourth-order valence-electron chi connectivity index (χ4n) is 3.51. The Hall–Kier alpha value is -2.49. The van der Waals surface area contributed by atoms with Crippen LogP contribution in [-0.4, -0.2) is 6.54 Å². The van der Waals surface area contributed by atoms with Crippen LogP contribution in [0.4, 0.5) is 18.9 Å². The molecule has 136 valence electrons. The third kappa shape index (κ3) is 3.55. The van der Waals surface area contributed by atoms with Gasteiger partial charge in [-0.25, -0.2) is 0 Å². The van der Waals surface area contributed by atoms with Crippen molar-refractivity contribution in [3.8, 4) is 0 Å². The quantitative estimate of drug-likeness (QED) is 0.483. The van der Waals surface area contributed by atoms with Crippen molar-refractivity contribution >= 4 is 16.5 Å². The van der Waals surface area contributed by atoms with E-state index in [1.165, 1.54) is 6.07 Å². The van der Waals surface area contributed by atoms with Crippen LogP contribution in [0.3, 0.4) is 0 Å². The summed E-state index contributed by atoms with van der Waals surface area (Å²) >= 11 is 0. The number of hydrogen-bond acceptors (Lipinski definition) is 1. The van der Waals surface area contributed by atoms with Crippen molar-refractivity contribution in [3.63, 3.8) is 0 Å². The minimum absolute atomic E-state index is 0.176. The molecule has 0 spiro atoms. The highest BCUT2D eigenvalue weighted by Crippen LogP contribution is 2.40. The van der Waals surface area contributed by atoms with Gasteiger partial charge in [0, 0.05) is 12.2 Å². The molecule has 3 rings (SSSR count). The van der Waals surface area contributed by atoms with Gasteiger partial charge in [-0.15, -0.1) is 0 Å². The van der Waals surface area contributed by atoms with E-state index in [2.05, 4.69) is 0 Å². The van der Waals surface area contributed by atoms with Crippen molar-refractivity contribution in [1.29, 1.82) is 0 Å². The van der Waals surface area contributed by atoms with Crippen molar-refractivity contribution in [3.05, 3.63) is 77.9 Å². The lowest BCUT2D eigenvalue weighted by molar-refractivity contribution is -0.137. The van der Waals surface area contributed by atoms with Crippen LogP contribution in [0.15, 0.2) is 66.7 Å². The third-order valence-electron chi connectivity index (χ3n) is 4.72. The van der Waals surface area contributed by atoms with E-state index in [1.54, 1.807) is 12.1 Å². The minimum Gasteiger partial charge on any atom is -0.364 e. The van der Waals surface area contributed by atoms with Gasteiger partial charge >= 0.3 is 6.18 Å². The van der Waals surface area contributed by atoms with Crippen molar-refractivity contribution in [2.75, 3.05) is 11.4 Å². The second-order valence-electron chi connectivity index (χ2n) is 6.45. The van der Waals surface area contributed by atoms with Crippen LogP contribution in [-0.2, 0) is 6.18 Å². The molecule has 1 nitrogen and oxygen atoms in total. The summed E-state index contributed by atoms with van der Waals surface area (Å²) in [6.45, 7) is 4.51. The molecule has 0 aliphatic rings. The second kappa shape index (κ2) is 7.40. The molecule has 0 N–H and O–H groups in total. The summed E-state index contributed by atoms with van der Waals surface area (Å²) in [6, 6.07) is 19.7. The number of alkyl halides is 3. The zero-order valence-corrected chi connectivity index (χ0v) is 14.9. The summed E-state index contributed by atoms with van der Waals surface area (Å²) in [7, 11) is 0. The Balaban J connectivity index is 2.12. The second-order valence-corrected chi connectivity index (χ2v) is 6.45. The maximum Gasteiger partial charge on any atom is 0.418 e.